The molecular formula is C32H31ClN4O6. The maximum atomic E-state index is 14.7. The smallest absolute Gasteiger partial charge is 0.412 e. The minimum atomic E-state index is -1.10. The van der Waals surface area contributed by atoms with Crippen LogP contribution in [0.2, 0.25) is 5.02 Å². The molecule has 11 heteroatoms. The van der Waals surface area contributed by atoms with E-state index >= 15 is 0 Å². The van der Waals surface area contributed by atoms with E-state index in [1.807, 2.05) is 30.3 Å². The van der Waals surface area contributed by atoms with Gasteiger partial charge in [-0.15, -0.1) is 0 Å². The Morgan fingerprint density at radius 3 is 2.63 bits per heavy atom. The first-order valence-electron chi connectivity index (χ1n) is 14.2. The Labute approximate surface area is 253 Å². The Kier molecular flexibility index (Phi) is 7.81. The van der Waals surface area contributed by atoms with Gasteiger partial charge in [0.1, 0.15) is 6.61 Å². The van der Waals surface area contributed by atoms with E-state index in [2.05, 4.69) is 5.32 Å². The molecule has 0 unspecified atom stereocenters. The number of carbonyl (C=O) groups excluding carboxylic acids is 4. The molecule has 1 spiro atoms. The number of hydrogen-bond donors (Lipinski definition) is 2. The Hall–Kier alpha value is -4.41. The van der Waals surface area contributed by atoms with Crippen LogP contribution in [0.25, 0.3) is 0 Å². The highest BCUT2D eigenvalue weighted by molar-refractivity contribution is 6.30. The number of morpholine rings is 1. The molecule has 0 bridgehead atoms. The van der Waals surface area contributed by atoms with Crippen LogP contribution >= 0.6 is 11.6 Å². The summed E-state index contributed by atoms with van der Waals surface area (Å²) in [5.41, 5.74) is 7.96. The molecule has 10 nitrogen and oxygen atoms in total. The van der Waals surface area contributed by atoms with E-state index in [0.29, 0.717) is 53.5 Å². The van der Waals surface area contributed by atoms with E-state index in [0.717, 1.165) is 5.56 Å². The molecule has 3 heterocycles. The van der Waals surface area contributed by atoms with Crippen LogP contribution in [-0.2, 0) is 31.1 Å². The van der Waals surface area contributed by atoms with Crippen LogP contribution in [0.15, 0.2) is 66.7 Å². The maximum absolute atomic E-state index is 14.7. The monoisotopic (exact) mass is 602 g/mol. The number of ether oxygens (including phenoxy) is 2. The molecule has 3 N–H and O–H groups in total. The van der Waals surface area contributed by atoms with Gasteiger partial charge in [0.25, 0.3) is 5.91 Å². The van der Waals surface area contributed by atoms with Crippen LogP contribution in [0.4, 0.5) is 16.2 Å². The molecule has 3 aromatic rings. The molecule has 3 aliphatic heterocycles. The lowest BCUT2D eigenvalue weighted by Gasteiger charge is -2.46. The van der Waals surface area contributed by atoms with Crippen molar-refractivity contribution in [3.8, 4) is 0 Å². The zero-order chi connectivity index (χ0) is 30.1. The largest absolute Gasteiger partial charge is 0.436 e. The minimum absolute atomic E-state index is 0.0996. The van der Waals surface area contributed by atoms with Crippen molar-refractivity contribution in [2.75, 3.05) is 43.1 Å². The molecule has 6 rings (SSSR count). The summed E-state index contributed by atoms with van der Waals surface area (Å²) in [6.07, 6.45) is 0.724. The molecule has 2 saturated heterocycles. The standard InChI is InChI=1S/C32H31ClN4O6/c33-21-10-11-25-24(17-21)32(43-31(41)35-25)12-5-13-36(19-32)30(40)23(16-20-6-2-1-3-7-20)28-22(29(34)39)8-4-9-26(28)37-14-15-42-18-27(37)38/h1-4,6-11,17,23H,5,12-16,18-19H2,(H2,34,39)(H,35,41)/t23-,32-/m0/s1. The van der Waals surface area contributed by atoms with Gasteiger partial charge >= 0.3 is 6.09 Å². The SMILES string of the molecule is NC(=O)c1cccc(N2CCOCC2=O)c1[C@H](Cc1ccccc1)C(=O)N1CCC[C@@]2(C1)OC(=O)Nc1ccc(Cl)cc12. The maximum Gasteiger partial charge on any atom is 0.412 e. The van der Waals surface area contributed by atoms with Gasteiger partial charge in [0, 0.05) is 40.5 Å². The summed E-state index contributed by atoms with van der Waals surface area (Å²) in [6.45, 7) is 1.00. The van der Waals surface area contributed by atoms with Gasteiger partial charge in [-0.05, 0) is 55.2 Å². The number of likely N-dealkylation sites (tertiary alicyclic amines) is 1. The summed E-state index contributed by atoms with van der Waals surface area (Å²) >= 11 is 6.35. The van der Waals surface area contributed by atoms with E-state index < -0.39 is 23.5 Å². The summed E-state index contributed by atoms with van der Waals surface area (Å²) in [5.74, 6) is -2.11. The van der Waals surface area contributed by atoms with Crippen LogP contribution in [0.5, 0.6) is 0 Å². The van der Waals surface area contributed by atoms with Crippen LogP contribution in [0, 0.1) is 0 Å². The number of halogens is 1. The molecule has 43 heavy (non-hydrogen) atoms. The third-order valence-electron chi connectivity index (χ3n) is 8.32. The van der Waals surface area contributed by atoms with Gasteiger partial charge in [-0.3, -0.25) is 19.7 Å². The van der Waals surface area contributed by atoms with Gasteiger partial charge in [0.15, 0.2) is 5.60 Å². The van der Waals surface area contributed by atoms with Crippen molar-refractivity contribution in [2.45, 2.75) is 30.8 Å². The van der Waals surface area contributed by atoms with Crippen LogP contribution < -0.4 is 16.0 Å². The van der Waals surface area contributed by atoms with Crippen molar-refractivity contribution >= 4 is 46.8 Å². The second kappa shape index (κ2) is 11.7. The average molecular weight is 603 g/mol. The topological polar surface area (TPSA) is 131 Å². The molecule has 0 aromatic heterocycles. The molecular weight excluding hydrogens is 572 g/mol. The molecule has 2 fully saturated rings. The molecule has 3 aromatic carbocycles. The Morgan fingerprint density at radius 1 is 1.05 bits per heavy atom. The number of hydrogen-bond acceptors (Lipinski definition) is 6. The number of rotatable bonds is 6. The highest BCUT2D eigenvalue weighted by Crippen LogP contribution is 2.44. The van der Waals surface area contributed by atoms with Gasteiger partial charge in [-0.1, -0.05) is 48.0 Å². The van der Waals surface area contributed by atoms with E-state index in [1.165, 1.54) is 0 Å². The second-order valence-electron chi connectivity index (χ2n) is 11.0. The van der Waals surface area contributed by atoms with Crippen molar-refractivity contribution in [1.82, 2.24) is 4.90 Å². The normalized spacial score (nSPS) is 20.7. The summed E-state index contributed by atoms with van der Waals surface area (Å²) in [4.78, 5) is 56.5. The predicted octanol–water partition coefficient (Wildman–Crippen LogP) is 4.21. The van der Waals surface area contributed by atoms with Gasteiger partial charge in [-0.2, -0.15) is 0 Å². The van der Waals surface area contributed by atoms with Gasteiger partial charge in [-0.25, -0.2) is 4.79 Å². The van der Waals surface area contributed by atoms with Crippen molar-refractivity contribution < 1.29 is 28.7 Å². The van der Waals surface area contributed by atoms with Crippen molar-refractivity contribution in [3.05, 3.63) is 94.0 Å². The van der Waals surface area contributed by atoms with E-state index in [-0.39, 0.29) is 43.5 Å². The molecule has 222 valence electrons. The first-order valence-corrected chi connectivity index (χ1v) is 14.6. The highest BCUT2D eigenvalue weighted by Gasteiger charge is 2.47. The number of nitrogens with one attached hydrogen (secondary N) is 1. The van der Waals surface area contributed by atoms with E-state index in [9.17, 15) is 19.2 Å². The third kappa shape index (κ3) is 5.55. The number of nitrogens with two attached hydrogens (primary N) is 1. The average Bonchev–Trinajstić information content (AvgIpc) is 3.00. The van der Waals surface area contributed by atoms with Crippen LogP contribution in [-0.4, -0.2) is 61.6 Å². The lowest BCUT2D eigenvalue weighted by molar-refractivity contribution is -0.140. The molecule has 2 atom stereocenters. The lowest BCUT2D eigenvalue weighted by atomic mass is 9.81. The molecule has 0 radical (unpaired) electrons. The fraction of sp³-hybridized carbons (Fsp3) is 0.312. The molecule has 4 amide bonds. The molecule has 0 saturated carbocycles. The third-order valence-corrected chi connectivity index (χ3v) is 8.55. The number of benzene rings is 3. The number of nitrogens with zero attached hydrogens (tertiary/aromatic N) is 2. The quantitative estimate of drug-likeness (QED) is 0.435. The fourth-order valence-electron chi connectivity index (χ4n) is 6.41. The van der Waals surface area contributed by atoms with Gasteiger partial charge < -0.3 is 25.0 Å². The molecule has 3 aliphatic rings. The number of primary amides is 1. The van der Waals surface area contributed by atoms with Crippen LogP contribution in [0.3, 0.4) is 0 Å². The zero-order valence-corrected chi connectivity index (χ0v) is 24.1. The summed E-state index contributed by atoms with van der Waals surface area (Å²) < 4.78 is 11.3. The van der Waals surface area contributed by atoms with Crippen LogP contribution in [0.1, 0.15) is 45.8 Å². The number of amides is 4. The summed E-state index contributed by atoms with van der Waals surface area (Å²) in [5, 5.41) is 3.21. The Bertz CT molecular complexity index is 1600. The van der Waals surface area contributed by atoms with Gasteiger partial charge in [0.05, 0.1) is 24.8 Å². The number of piperidine rings is 1. The fourth-order valence-corrected chi connectivity index (χ4v) is 6.58. The zero-order valence-electron chi connectivity index (χ0n) is 23.4. The lowest BCUT2D eigenvalue weighted by Crippen LogP contribution is -2.54. The Morgan fingerprint density at radius 2 is 1.86 bits per heavy atom. The first-order chi connectivity index (χ1) is 20.8. The Balaban J connectivity index is 1.45. The van der Waals surface area contributed by atoms with Crippen molar-refractivity contribution in [3.63, 3.8) is 0 Å². The number of carbonyl (C=O) groups is 4. The first kappa shape index (κ1) is 28.7. The molecule has 0 aliphatic carbocycles. The van der Waals surface area contributed by atoms with Crippen molar-refractivity contribution in [2.24, 2.45) is 5.73 Å². The van der Waals surface area contributed by atoms with Crippen molar-refractivity contribution in [1.29, 1.82) is 0 Å². The predicted molar refractivity (Wildman–Crippen MR) is 160 cm³/mol. The summed E-state index contributed by atoms with van der Waals surface area (Å²) in [7, 11) is 0. The van der Waals surface area contributed by atoms with E-state index in [1.54, 1.807) is 46.2 Å². The van der Waals surface area contributed by atoms with E-state index in [4.69, 9.17) is 26.8 Å². The second-order valence-corrected chi connectivity index (χ2v) is 11.4. The van der Waals surface area contributed by atoms with Gasteiger partial charge in [0.2, 0.25) is 11.8 Å². The summed E-state index contributed by atoms with van der Waals surface area (Å²) in [6, 6.07) is 19.6. The number of anilines is 2. The number of fused-ring (bicyclic) bond motifs is 2. The minimum Gasteiger partial charge on any atom is -0.436 e. The highest BCUT2D eigenvalue weighted by atomic mass is 35.5.